The van der Waals surface area contributed by atoms with Gasteiger partial charge in [0.15, 0.2) is 0 Å². The molecule has 0 aliphatic heterocycles. The summed E-state index contributed by atoms with van der Waals surface area (Å²) in [4.78, 5) is 12.0. The Morgan fingerprint density at radius 1 is 1.62 bits per heavy atom. The second kappa shape index (κ2) is 6.21. The molecule has 0 radical (unpaired) electrons. The largest absolute Gasteiger partial charge is 0.352 e. The maximum Gasteiger partial charge on any atom is 0.252 e. The van der Waals surface area contributed by atoms with Gasteiger partial charge in [-0.15, -0.1) is 0 Å². The van der Waals surface area contributed by atoms with Crippen molar-refractivity contribution in [3.05, 3.63) is 34.6 Å². The highest BCUT2D eigenvalue weighted by molar-refractivity contribution is 9.09. The third-order valence-corrected chi connectivity index (χ3v) is 2.77. The van der Waals surface area contributed by atoms with Gasteiger partial charge in [-0.25, -0.2) is 4.39 Å². The molecule has 1 aromatic rings. The van der Waals surface area contributed by atoms with E-state index < -0.39 is 5.82 Å². The summed E-state index contributed by atoms with van der Waals surface area (Å²) in [7, 11) is 0. The summed E-state index contributed by atoms with van der Waals surface area (Å²) < 4.78 is 12.7. The summed E-state index contributed by atoms with van der Waals surface area (Å²) in [5.41, 5.74) is 0.297. The fourth-order valence-corrected chi connectivity index (χ4v) is 1.64. The van der Waals surface area contributed by atoms with Crippen molar-refractivity contribution in [2.24, 2.45) is 0 Å². The lowest BCUT2D eigenvalue weighted by Crippen LogP contribution is -2.25. The molecule has 1 atom stereocenters. The van der Waals surface area contributed by atoms with Crippen LogP contribution in [0, 0.1) is 5.82 Å². The molecule has 0 saturated heterocycles. The van der Waals surface area contributed by atoms with Gasteiger partial charge in [-0.2, -0.15) is 0 Å². The number of halogens is 3. The summed E-state index contributed by atoms with van der Waals surface area (Å²) in [6, 6.07) is 3.72. The van der Waals surface area contributed by atoms with Crippen molar-refractivity contribution >= 4 is 33.4 Å². The zero-order valence-electron chi connectivity index (χ0n) is 8.77. The van der Waals surface area contributed by atoms with Crippen LogP contribution in [0.25, 0.3) is 0 Å². The van der Waals surface area contributed by atoms with Gasteiger partial charge in [0.1, 0.15) is 5.82 Å². The van der Waals surface area contributed by atoms with E-state index in [1.807, 2.05) is 6.92 Å². The summed E-state index contributed by atoms with van der Waals surface area (Å²) in [6.45, 7) is 2.55. The Labute approximate surface area is 107 Å². The highest BCUT2D eigenvalue weighted by atomic mass is 79.9. The Balaban J connectivity index is 2.59. The van der Waals surface area contributed by atoms with Gasteiger partial charge < -0.3 is 5.32 Å². The van der Waals surface area contributed by atoms with Gasteiger partial charge >= 0.3 is 0 Å². The van der Waals surface area contributed by atoms with E-state index in [0.717, 1.165) is 12.5 Å². The highest BCUT2D eigenvalue weighted by Gasteiger charge is 2.10. The third kappa shape index (κ3) is 4.10. The molecule has 1 amide bonds. The van der Waals surface area contributed by atoms with Crippen molar-refractivity contribution in [1.82, 2.24) is 5.32 Å². The summed E-state index contributed by atoms with van der Waals surface area (Å²) in [5, 5.41) is 2.84. The van der Waals surface area contributed by atoms with E-state index in [2.05, 4.69) is 21.2 Å². The first kappa shape index (κ1) is 13.5. The molecule has 1 rings (SSSR count). The van der Waals surface area contributed by atoms with E-state index in [-0.39, 0.29) is 10.9 Å². The smallest absolute Gasteiger partial charge is 0.252 e. The third-order valence-electron chi connectivity index (χ3n) is 2.00. The van der Waals surface area contributed by atoms with Crippen LogP contribution in [0.4, 0.5) is 4.39 Å². The van der Waals surface area contributed by atoms with Crippen molar-refractivity contribution in [2.75, 3.05) is 6.54 Å². The number of hydrogen-bond donors (Lipinski definition) is 1. The fourth-order valence-electron chi connectivity index (χ4n) is 1.15. The number of benzene rings is 1. The van der Waals surface area contributed by atoms with Gasteiger partial charge in [0.25, 0.3) is 5.91 Å². The first-order chi connectivity index (χ1) is 7.50. The van der Waals surface area contributed by atoms with Gasteiger partial charge in [0.2, 0.25) is 0 Å². The zero-order valence-corrected chi connectivity index (χ0v) is 11.1. The summed E-state index contributed by atoms with van der Waals surface area (Å²) >= 11 is 9.13. The molecule has 1 N–H and O–H groups in total. The van der Waals surface area contributed by atoms with Crippen LogP contribution in [0.2, 0.25) is 5.02 Å². The zero-order chi connectivity index (χ0) is 12.1. The molecule has 1 unspecified atom stereocenters. The molecular weight excluding hydrogens is 296 g/mol. The van der Waals surface area contributed by atoms with Gasteiger partial charge in [-0.3, -0.25) is 4.79 Å². The van der Waals surface area contributed by atoms with E-state index in [1.165, 1.54) is 12.1 Å². The molecule has 16 heavy (non-hydrogen) atoms. The minimum atomic E-state index is -0.448. The Kier molecular flexibility index (Phi) is 5.22. The average molecular weight is 309 g/mol. The van der Waals surface area contributed by atoms with Crippen molar-refractivity contribution in [1.29, 1.82) is 0 Å². The quantitative estimate of drug-likeness (QED) is 0.849. The SMILES string of the molecule is CC(Br)CCNC(=O)c1ccc(F)cc1Cl. The van der Waals surface area contributed by atoms with Crippen LogP contribution >= 0.6 is 27.5 Å². The van der Waals surface area contributed by atoms with E-state index in [4.69, 9.17) is 11.6 Å². The van der Waals surface area contributed by atoms with Crippen molar-refractivity contribution in [3.8, 4) is 0 Å². The molecule has 88 valence electrons. The normalized spacial score (nSPS) is 12.2. The van der Waals surface area contributed by atoms with Crippen LogP contribution in [0.5, 0.6) is 0 Å². The molecule has 5 heteroatoms. The number of carbonyl (C=O) groups is 1. The standard InChI is InChI=1S/C11H12BrClFNO/c1-7(12)4-5-15-11(16)9-3-2-8(14)6-10(9)13/h2-3,6-7H,4-5H2,1H3,(H,15,16). The predicted molar refractivity (Wildman–Crippen MR) is 66.7 cm³/mol. The molecule has 0 spiro atoms. The van der Waals surface area contributed by atoms with Crippen molar-refractivity contribution in [2.45, 2.75) is 18.2 Å². The Morgan fingerprint density at radius 3 is 2.88 bits per heavy atom. The number of amides is 1. The van der Waals surface area contributed by atoms with Crippen LogP contribution in [-0.4, -0.2) is 17.3 Å². The lowest BCUT2D eigenvalue weighted by molar-refractivity contribution is 0.0953. The Morgan fingerprint density at radius 2 is 2.31 bits per heavy atom. The lowest BCUT2D eigenvalue weighted by Gasteiger charge is -2.07. The second-order valence-electron chi connectivity index (χ2n) is 3.45. The molecule has 0 bridgehead atoms. The predicted octanol–water partition coefficient (Wildman–Crippen LogP) is 3.38. The maximum atomic E-state index is 12.7. The van der Waals surface area contributed by atoms with E-state index in [1.54, 1.807) is 0 Å². The first-order valence-corrected chi connectivity index (χ1v) is 6.17. The van der Waals surface area contributed by atoms with Gasteiger partial charge in [-0.1, -0.05) is 34.5 Å². The highest BCUT2D eigenvalue weighted by Crippen LogP contribution is 2.17. The molecule has 0 aliphatic rings. The van der Waals surface area contributed by atoms with Crippen molar-refractivity contribution in [3.63, 3.8) is 0 Å². The van der Waals surface area contributed by atoms with E-state index in [9.17, 15) is 9.18 Å². The van der Waals surface area contributed by atoms with Crippen molar-refractivity contribution < 1.29 is 9.18 Å². The average Bonchev–Trinajstić information content (AvgIpc) is 2.16. The molecule has 0 fully saturated rings. The maximum absolute atomic E-state index is 12.7. The van der Waals surface area contributed by atoms with Crippen LogP contribution in [0.3, 0.4) is 0 Å². The molecular formula is C11H12BrClFNO. The van der Waals surface area contributed by atoms with Gasteiger partial charge in [0, 0.05) is 11.4 Å². The molecule has 0 aromatic heterocycles. The number of nitrogens with one attached hydrogen (secondary N) is 1. The van der Waals surface area contributed by atoms with Gasteiger partial charge in [0.05, 0.1) is 10.6 Å². The molecule has 1 aromatic carbocycles. The van der Waals surface area contributed by atoms with Gasteiger partial charge in [-0.05, 0) is 24.6 Å². The topological polar surface area (TPSA) is 29.1 Å². The number of hydrogen-bond acceptors (Lipinski definition) is 1. The fraction of sp³-hybridized carbons (Fsp3) is 0.364. The Hall–Kier alpha value is -0.610. The molecule has 0 heterocycles. The van der Waals surface area contributed by atoms with Crippen LogP contribution in [0.1, 0.15) is 23.7 Å². The second-order valence-corrected chi connectivity index (χ2v) is 5.42. The minimum Gasteiger partial charge on any atom is -0.352 e. The molecule has 2 nitrogen and oxygen atoms in total. The number of alkyl halides is 1. The molecule has 0 aliphatic carbocycles. The lowest BCUT2D eigenvalue weighted by atomic mass is 10.2. The number of carbonyl (C=O) groups excluding carboxylic acids is 1. The van der Waals surface area contributed by atoms with E-state index in [0.29, 0.717) is 16.9 Å². The van der Waals surface area contributed by atoms with Crippen LogP contribution < -0.4 is 5.32 Å². The van der Waals surface area contributed by atoms with Crippen LogP contribution in [-0.2, 0) is 0 Å². The summed E-state index contributed by atoms with van der Waals surface area (Å²) in [5.74, 6) is -0.728. The molecule has 0 saturated carbocycles. The summed E-state index contributed by atoms with van der Waals surface area (Å²) in [6.07, 6.45) is 0.824. The minimum absolute atomic E-state index is 0.129. The van der Waals surface area contributed by atoms with E-state index >= 15 is 0 Å². The number of rotatable bonds is 4. The Bertz CT molecular complexity index is 384. The van der Waals surface area contributed by atoms with Crippen LogP contribution in [0.15, 0.2) is 18.2 Å². The first-order valence-electron chi connectivity index (χ1n) is 4.88. The monoisotopic (exact) mass is 307 g/mol.